The molecule has 166 valence electrons. The van der Waals surface area contributed by atoms with Crippen molar-refractivity contribution in [3.8, 4) is 5.75 Å². The molecule has 4 rings (SSSR count). The molecular weight excluding hydrogens is 700 g/mol. The third-order valence-electron chi connectivity index (χ3n) is 5.39. The van der Waals surface area contributed by atoms with Crippen LogP contribution < -0.4 is 10.3 Å². The molecule has 32 heavy (non-hydrogen) atoms. The van der Waals surface area contributed by atoms with E-state index in [0.29, 0.717) is 16.7 Å². The number of carbonyl (C=O) groups excluding carboxylic acids is 1. The Bertz CT molecular complexity index is 1260. The third kappa shape index (κ3) is 5.24. The van der Waals surface area contributed by atoms with E-state index in [1.54, 1.807) is 12.3 Å². The molecule has 1 heterocycles. The van der Waals surface area contributed by atoms with Gasteiger partial charge in [-0.15, -0.1) is 0 Å². The van der Waals surface area contributed by atoms with E-state index >= 15 is 0 Å². The molecule has 0 radical (unpaired) electrons. The second-order valence-corrected chi connectivity index (χ2v) is 11.0. The molecule has 1 aliphatic rings. The van der Waals surface area contributed by atoms with Crippen molar-refractivity contribution in [2.24, 2.45) is 5.10 Å². The van der Waals surface area contributed by atoms with Crippen LogP contribution in [0, 0.1) is 7.14 Å². The van der Waals surface area contributed by atoms with Gasteiger partial charge in [0.25, 0.3) is 5.56 Å². The summed E-state index contributed by atoms with van der Waals surface area (Å²) in [5.74, 6) is 1.11. The van der Waals surface area contributed by atoms with Crippen molar-refractivity contribution in [2.45, 2.75) is 44.9 Å². The van der Waals surface area contributed by atoms with Gasteiger partial charge in [-0.2, -0.15) is 9.78 Å². The number of hydrogen-bond donors (Lipinski definition) is 0. The fourth-order valence-electron chi connectivity index (χ4n) is 3.92. The van der Waals surface area contributed by atoms with Crippen molar-refractivity contribution in [1.82, 2.24) is 9.66 Å². The molecule has 0 saturated heterocycles. The van der Waals surface area contributed by atoms with Crippen molar-refractivity contribution in [3.05, 3.63) is 63.7 Å². The highest BCUT2D eigenvalue weighted by molar-refractivity contribution is 14.1. The van der Waals surface area contributed by atoms with Crippen molar-refractivity contribution in [2.75, 3.05) is 0 Å². The Hall–Kier alpha value is -1.34. The number of hydrogen-bond acceptors (Lipinski definition) is 5. The van der Waals surface area contributed by atoms with Crippen LogP contribution in [0.5, 0.6) is 5.75 Å². The fourth-order valence-corrected chi connectivity index (χ4v) is 6.32. The van der Waals surface area contributed by atoms with Gasteiger partial charge in [0.15, 0.2) is 5.75 Å². The fraction of sp³-hybridized carbons (Fsp3) is 0.304. The summed E-state index contributed by atoms with van der Waals surface area (Å²) < 4.78 is 9.19. The molecule has 0 aliphatic heterocycles. The van der Waals surface area contributed by atoms with Gasteiger partial charge >= 0.3 is 5.97 Å². The van der Waals surface area contributed by atoms with Gasteiger partial charge in [-0.05, 0) is 93.9 Å². The molecular formula is C23H20BrI2N3O3. The van der Waals surface area contributed by atoms with E-state index in [1.165, 1.54) is 18.0 Å². The minimum absolute atomic E-state index is 0.172. The number of nitrogens with zero attached hydrogens (tertiary/aromatic N) is 3. The molecule has 2 aromatic carbocycles. The summed E-state index contributed by atoms with van der Waals surface area (Å²) in [6, 6.07) is 9.32. The SMILES string of the molecule is CC(=O)Oc1c(I)cc(C=Nn2c(C3CCCCC3)nc3ccc(Br)cc3c2=O)cc1I. The lowest BCUT2D eigenvalue weighted by Crippen LogP contribution is -2.25. The molecule has 0 N–H and O–H groups in total. The van der Waals surface area contributed by atoms with E-state index in [4.69, 9.17) is 9.72 Å². The molecule has 6 nitrogen and oxygen atoms in total. The smallest absolute Gasteiger partial charge is 0.308 e. The van der Waals surface area contributed by atoms with Crippen LogP contribution in [0.15, 0.2) is 44.7 Å². The molecule has 9 heteroatoms. The second kappa shape index (κ2) is 10.3. The standard InChI is InChI=1S/C23H20BrI2N3O3/c1-13(30)32-21-18(25)9-14(10-19(21)26)12-27-29-22(15-5-3-2-4-6-15)28-20-8-7-16(24)11-17(20)23(29)31/h7-12,15H,2-6H2,1H3. The van der Waals surface area contributed by atoms with E-state index in [-0.39, 0.29) is 17.4 Å². The maximum atomic E-state index is 13.4. The lowest BCUT2D eigenvalue weighted by Gasteiger charge is -2.22. The van der Waals surface area contributed by atoms with Crippen molar-refractivity contribution >= 4 is 84.2 Å². The number of fused-ring (bicyclic) bond motifs is 1. The number of esters is 1. The van der Waals surface area contributed by atoms with Crippen LogP contribution in [0.25, 0.3) is 10.9 Å². The number of halogens is 3. The summed E-state index contributed by atoms with van der Waals surface area (Å²) in [6.45, 7) is 1.38. The summed E-state index contributed by atoms with van der Waals surface area (Å²) in [5.41, 5.74) is 1.33. The number of benzene rings is 2. The van der Waals surface area contributed by atoms with Gasteiger partial charge in [0.2, 0.25) is 0 Å². The quantitative estimate of drug-likeness (QED) is 0.139. The van der Waals surface area contributed by atoms with Crippen LogP contribution >= 0.6 is 61.1 Å². The van der Waals surface area contributed by atoms with Crippen LogP contribution in [-0.2, 0) is 4.79 Å². The van der Waals surface area contributed by atoms with Gasteiger partial charge in [-0.25, -0.2) is 4.98 Å². The molecule has 0 amide bonds. The maximum absolute atomic E-state index is 13.4. The second-order valence-electron chi connectivity index (χ2n) is 7.74. The summed E-state index contributed by atoms with van der Waals surface area (Å²) in [4.78, 5) is 29.6. The highest BCUT2D eigenvalue weighted by atomic mass is 127. The van der Waals surface area contributed by atoms with Crippen LogP contribution in [-0.4, -0.2) is 21.8 Å². The van der Waals surface area contributed by atoms with E-state index in [1.807, 2.05) is 24.3 Å². The largest absolute Gasteiger partial charge is 0.424 e. The first-order chi connectivity index (χ1) is 15.3. The van der Waals surface area contributed by atoms with E-state index < -0.39 is 0 Å². The van der Waals surface area contributed by atoms with E-state index in [9.17, 15) is 9.59 Å². The first-order valence-corrected chi connectivity index (χ1v) is 13.2. The van der Waals surface area contributed by atoms with Crippen molar-refractivity contribution in [1.29, 1.82) is 0 Å². The average Bonchev–Trinajstić information content (AvgIpc) is 2.76. The minimum atomic E-state index is -0.362. The highest BCUT2D eigenvalue weighted by Crippen LogP contribution is 2.32. The zero-order chi connectivity index (χ0) is 22.8. The molecule has 0 atom stereocenters. The number of rotatable bonds is 4. The monoisotopic (exact) mass is 719 g/mol. The Balaban J connectivity index is 1.80. The third-order valence-corrected chi connectivity index (χ3v) is 7.49. The van der Waals surface area contributed by atoms with Gasteiger partial charge in [0.1, 0.15) is 5.82 Å². The summed E-state index contributed by atoms with van der Waals surface area (Å²) in [6.07, 6.45) is 7.18. The number of aromatic nitrogens is 2. The molecule has 1 saturated carbocycles. The zero-order valence-corrected chi connectivity index (χ0v) is 23.2. The first kappa shape index (κ1) is 23.8. The van der Waals surface area contributed by atoms with Gasteiger partial charge in [-0.1, -0.05) is 35.2 Å². The van der Waals surface area contributed by atoms with Gasteiger partial charge in [0, 0.05) is 17.3 Å². The van der Waals surface area contributed by atoms with Gasteiger partial charge in [0.05, 0.1) is 24.3 Å². The Labute approximate surface area is 221 Å². The zero-order valence-electron chi connectivity index (χ0n) is 17.3. The number of ether oxygens (including phenoxy) is 1. The normalized spacial score (nSPS) is 14.9. The Morgan fingerprint density at radius 2 is 1.88 bits per heavy atom. The number of carbonyl (C=O) groups is 1. The van der Waals surface area contributed by atoms with Crippen molar-refractivity contribution < 1.29 is 9.53 Å². The van der Waals surface area contributed by atoms with Gasteiger partial charge < -0.3 is 4.74 Å². The molecule has 3 aromatic rings. The average molecular weight is 720 g/mol. The molecule has 0 bridgehead atoms. The lowest BCUT2D eigenvalue weighted by atomic mass is 9.88. The van der Waals surface area contributed by atoms with E-state index in [2.05, 4.69) is 66.2 Å². The Morgan fingerprint density at radius 3 is 2.53 bits per heavy atom. The lowest BCUT2D eigenvalue weighted by molar-refractivity contribution is -0.132. The van der Waals surface area contributed by atoms with Crippen LogP contribution in [0.1, 0.15) is 56.3 Å². The van der Waals surface area contributed by atoms with Crippen LogP contribution in [0.3, 0.4) is 0 Å². The molecule has 1 fully saturated rings. The molecule has 0 spiro atoms. The molecule has 1 aliphatic carbocycles. The van der Waals surface area contributed by atoms with Crippen LogP contribution in [0.4, 0.5) is 0 Å². The summed E-state index contributed by atoms with van der Waals surface area (Å²) in [7, 11) is 0. The summed E-state index contributed by atoms with van der Waals surface area (Å²) >= 11 is 7.72. The summed E-state index contributed by atoms with van der Waals surface area (Å²) in [5, 5.41) is 5.12. The maximum Gasteiger partial charge on any atom is 0.308 e. The highest BCUT2D eigenvalue weighted by Gasteiger charge is 2.22. The van der Waals surface area contributed by atoms with Crippen molar-refractivity contribution in [3.63, 3.8) is 0 Å². The molecule has 1 aromatic heterocycles. The Morgan fingerprint density at radius 1 is 1.19 bits per heavy atom. The Kier molecular flexibility index (Phi) is 7.65. The first-order valence-electron chi connectivity index (χ1n) is 10.3. The van der Waals surface area contributed by atoms with E-state index in [0.717, 1.165) is 48.7 Å². The topological polar surface area (TPSA) is 73.5 Å². The predicted octanol–water partition coefficient (Wildman–Crippen LogP) is 6.22. The predicted molar refractivity (Wildman–Crippen MR) is 146 cm³/mol. The van der Waals surface area contributed by atoms with Crippen LogP contribution in [0.2, 0.25) is 0 Å². The molecule has 0 unspecified atom stereocenters. The van der Waals surface area contributed by atoms with Gasteiger partial charge in [-0.3, -0.25) is 9.59 Å². The minimum Gasteiger partial charge on any atom is -0.424 e.